The van der Waals surface area contributed by atoms with Crippen LogP contribution in [-0.2, 0) is 22.6 Å². The first-order chi connectivity index (χ1) is 10.3. The van der Waals surface area contributed by atoms with Crippen LogP contribution in [0.2, 0.25) is 0 Å². The first-order valence-electron chi connectivity index (χ1n) is 7.88. The van der Waals surface area contributed by atoms with Crippen molar-refractivity contribution < 1.29 is 9.53 Å². The maximum absolute atomic E-state index is 12.8. The Morgan fingerprint density at radius 1 is 1.52 bits per heavy atom. The highest BCUT2D eigenvalue weighted by molar-refractivity contribution is 5.94. The number of carbonyl (C=O) groups excluding carboxylic acids is 1. The van der Waals surface area contributed by atoms with E-state index < -0.39 is 0 Å². The SMILES string of the molecule is CCOC[C@@H]1CCn2nccc2CN1C(=O)C1=CCCC1. The summed E-state index contributed by atoms with van der Waals surface area (Å²) < 4.78 is 7.61. The van der Waals surface area contributed by atoms with Crippen LogP contribution in [0.1, 0.15) is 38.3 Å². The summed E-state index contributed by atoms with van der Waals surface area (Å²) in [5.74, 6) is 0.187. The Hall–Kier alpha value is -1.62. The molecule has 2 aliphatic rings. The molecular formula is C16H23N3O2. The molecule has 0 unspecified atom stereocenters. The van der Waals surface area contributed by atoms with E-state index in [0.29, 0.717) is 19.8 Å². The number of ether oxygens (including phenoxy) is 1. The minimum Gasteiger partial charge on any atom is -0.380 e. The van der Waals surface area contributed by atoms with Gasteiger partial charge in [-0.15, -0.1) is 0 Å². The van der Waals surface area contributed by atoms with Crippen molar-refractivity contribution in [3.63, 3.8) is 0 Å². The molecule has 1 aromatic heterocycles. The average Bonchev–Trinajstić information content (AvgIpc) is 3.14. The van der Waals surface area contributed by atoms with Gasteiger partial charge in [0, 0.05) is 24.9 Å². The summed E-state index contributed by atoms with van der Waals surface area (Å²) in [6.07, 6.45) is 7.85. The molecule has 2 heterocycles. The number of fused-ring (bicyclic) bond motifs is 1. The predicted octanol–water partition coefficient (Wildman–Crippen LogP) is 2.13. The van der Waals surface area contributed by atoms with E-state index in [1.165, 1.54) is 0 Å². The highest BCUT2D eigenvalue weighted by Gasteiger charge is 2.30. The number of hydrogen-bond donors (Lipinski definition) is 0. The zero-order chi connectivity index (χ0) is 14.7. The second-order valence-electron chi connectivity index (χ2n) is 5.70. The standard InChI is InChI=1S/C16H23N3O2/c1-2-21-12-15-8-10-19-14(7-9-17-19)11-18(15)16(20)13-5-3-4-6-13/h5,7,9,15H,2-4,6,8,10-12H2,1H3/t15-/m0/s1. The van der Waals surface area contributed by atoms with Crippen LogP contribution < -0.4 is 0 Å². The first kappa shape index (κ1) is 14.3. The lowest BCUT2D eigenvalue weighted by Crippen LogP contribution is -2.42. The third kappa shape index (κ3) is 3.02. The molecule has 5 nitrogen and oxygen atoms in total. The molecule has 0 aromatic carbocycles. The van der Waals surface area contributed by atoms with Gasteiger partial charge in [-0.3, -0.25) is 9.48 Å². The summed E-state index contributed by atoms with van der Waals surface area (Å²) in [5, 5.41) is 4.35. The van der Waals surface area contributed by atoms with Gasteiger partial charge in [-0.05, 0) is 38.7 Å². The minimum atomic E-state index is 0.139. The van der Waals surface area contributed by atoms with Crippen molar-refractivity contribution in [2.45, 2.75) is 51.7 Å². The topological polar surface area (TPSA) is 47.4 Å². The van der Waals surface area contributed by atoms with Crippen LogP contribution in [0.25, 0.3) is 0 Å². The quantitative estimate of drug-likeness (QED) is 0.853. The zero-order valence-electron chi connectivity index (χ0n) is 12.6. The van der Waals surface area contributed by atoms with E-state index in [1.54, 1.807) is 0 Å². The third-order valence-electron chi connectivity index (χ3n) is 4.34. The molecule has 1 amide bonds. The molecule has 5 heteroatoms. The largest absolute Gasteiger partial charge is 0.380 e. The van der Waals surface area contributed by atoms with Gasteiger partial charge in [0.25, 0.3) is 0 Å². The Labute approximate surface area is 125 Å². The van der Waals surface area contributed by atoms with E-state index in [1.807, 2.05) is 28.8 Å². The highest BCUT2D eigenvalue weighted by Crippen LogP contribution is 2.25. The van der Waals surface area contributed by atoms with Crippen LogP contribution in [0, 0.1) is 0 Å². The van der Waals surface area contributed by atoms with Gasteiger partial charge in [0.05, 0.1) is 24.9 Å². The lowest BCUT2D eigenvalue weighted by molar-refractivity contribution is -0.131. The van der Waals surface area contributed by atoms with E-state index in [2.05, 4.69) is 11.2 Å². The smallest absolute Gasteiger partial charge is 0.250 e. The summed E-state index contributed by atoms with van der Waals surface area (Å²) in [6, 6.07) is 2.15. The number of rotatable bonds is 4. The van der Waals surface area contributed by atoms with Crippen molar-refractivity contribution in [3.05, 3.63) is 29.6 Å². The maximum atomic E-state index is 12.8. The van der Waals surface area contributed by atoms with Gasteiger partial charge in [0.15, 0.2) is 0 Å². The minimum absolute atomic E-state index is 0.139. The second kappa shape index (κ2) is 6.43. The molecule has 0 N–H and O–H groups in total. The van der Waals surface area contributed by atoms with Crippen LogP contribution in [0.3, 0.4) is 0 Å². The van der Waals surface area contributed by atoms with Crippen LogP contribution in [-0.4, -0.2) is 39.8 Å². The molecule has 0 bridgehead atoms. The molecule has 3 rings (SSSR count). The van der Waals surface area contributed by atoms with Crippen molar-refractivity contribution in [3.8, 4) is 0 Å². The molecular weight excluding hydrogens is 266 g/mol. The molecule has 1 aromatic rings. The van der Waals surface area contributed by atoms with Gasteiger partial charge in [0.1, 0.15) is 0 Å². The van der Waals surface area contributed by atoms with Gasteiger partial charge in [-0.1, -0.05) is 6.08 Å². The fraction of sp³-hybridized carbons (Fsp3) is 0.625. The third-order valence-corrected chi connectivity index (χ3v) is 4.34. The monoisotopic (exact) mass is 289 g/mol. The number of amides is 1. The Morgan fingerprint density at radius 3 is 3.19 bits per heavy atom. The number of aromatic nitrogens is 2. The van der Waals surface area contributed by atoms with E-state index >= 15 is 0 Å². The van der Waals surface area contributed by atoms with E-state index in [0.717, 1.165) is 43.5 Å². The molecule has 0 saturated carbocycles. The van der Waals surface area contributed by atoms with Crippen molar-refractivity contribution in [1.82, 2.24) is 14.7 Å². The summed E-state index contributed by atoms with van der Waals surface area (Å²) in [6.45, 7) is 4.77. The summed E-state index contributed by atoms with van der Waals surface area (Å²) in [4.78, 5) is 14.8. The molecule has 1 aliphatic carbocycles. The molecule has 0 radical (unpaired) electrons. The summed E-state index contributed by atoms with van der Waals surface area (Å²) in [5.41, 5.74) is 2.09. The molecule has 21 heavy (non-hydrogen) atoms. The van der Waals surface area contributed by atoms with Crippen molar-refractivity contribution >= 4 is 5.91 Å². The van der Waals surface area contributed by atoms with Crippen molar-refractivity contribution in [2.24, 2.45) is 0 Å². The van der Waals surface area contributed by atoms with Gasteiger partial charge < -0.3 is 9.64 Å². The number of hydrogen-bond acceptors (Lipinski definition) is 3. The van der Waals surface area contributed by atoms with E-state index in [9.17, 15) is 4.79 Å². The fourth-order valence-electron chi connectivity index (χ4n) is 3.14. The maximum Gasteiger partial charge on any atom is 0.250 e. The Kier molecular flexibility index (Phi) is 4.39. The van der Waals surface area contributed by atoms with E-state index in [-0.39, 0.29) is 11.9 Å². The first-order valence-corrected chi connectivity index (χ1v) is 7.88. The number of nitrogens with zero attached hydrogens (tertiary/aromatic N) is 3. The summed E-state index contributed by atoms with van der Waals surface area (Å²) in [7, 11) is 0. The number of carbonyl (C=O) groups is 1. The Bertz CT molecular complexity index is 535. The average molecular weight is 289 g/mol. The van der Waals surface area contributed by atoms with Crippen LogP contribution in [0.4, 0.5) is 0 Å². The molecule has 0 saturated heterocycles. The van der Waals surface area contributed by atoms with Gasteiger partial charge in [0.2, 0.25) is 5.91 Å². The van der Waals surface area contributed by atoms with E-state index in [4.69, 9.17) is 4.74 Å². The lowest BCUT2D eigenvalue weighted by atomic mass is 10.1. The molecule has 0 fully saturated rings. The number of allylic oxidation sites excluding steroid dienone is 1. The van der Waals surface area contributed by atoms with Gasteiger partial charge >= 0.3 is 0 Å². The lowest BCUT2D eigenvalue weighted by Gasteiger charge is -2.30. The molecule has 0 spiro atoms. The molecule has 1 aliphatic heterocycles. The van der Waals surface area contributed by atoms with Crippen molar-refractivity contribution in [1.29, 1.82) is 0 Å². The van der Waals surface area contributed by atoms with Gasteiger partial charge in [-0.25, -0.2) is 0 Å². The molecule has 1 atom stereocenters. The predicted molar refractivity (Wildman–Crippen MR) is 79.6 cm³/mol. The van der Waals surface area contributed by atoms with Crippen LogP contribution in [0.15, 0.2) is 23.9 Å². The Morgan fingerprint density at radius 2 is 2.43 bits per heavy atom. The zero-order valence-corrected chi connectivity index (χ0v) is 12.6. The number of aryl methyl sites for hydroxylation is 1. The fourth-order valence-corrected chi connectivity index (χ4v) is 3.14. The Balaban J connectivity index is 1.81. The molecule has 114 valence electrons. The second-order valence-corrected chi connectivity index (χ2v) is 5.70. The van der Waals surface area contributed by atoms with Crippen LogP contribution in [0.5, 0.6) is 0 Å². The highest BCUT2D eigenvalue weighted by atomic mass is 16.5. The normalized spacial score (nSPS) is 21.9. The summed E-state index contributed by atoms with van der Waals surface area (Å²) >= 11 is 0. The van der Waals surface area contributed by atoms with Crippen LogP contribution >= 0.6 is 0 Å². The van der Waals surface area contributed by atoms with Crippen molar-refractivity contribution in [2.75, 3.05) is 13.2 Å². The van der Waals surface area contributed by atoms with Gasteiger partial charge in [-0.2, -0.15) is 5.10 Å².